The zero-order chi connectivity index (χ0) is 12.4. The van der Waals surface area contributed by atoms with E-state index >= 15 is 0 Å². The number of nitrogens with one attached hydrogen (secondary N) is 1. The molecule has 0 bridgehead atoms. The van der Waals surface area contributed by atoms with Crippen molar-refractivity contribution in [3.8, 4) is 0 Å². The van der Waals surface area contributed by atoms with Gasteiger partial charge in [0, 0.05) is 10.0 Å². The van der Waals surface area contributed by atoms with E-state index in [4.69, 9.17) is 0 Å². The SMILES string of the molecule is O=C(CN1C(=O)CNC1=O)c1ccccc1Br. The van der Waals surface area contributed by atoms with Crippen molar-refractivity contribution in [3.63, 3.8) is 0 Å². The lowest BCUT2D eigenvalue weighted by Crippen LogP contribution is -2.35. The van der Waals surface area contributed by atoms with Gasteiger partial charge in [-0.05, 0) is 6.07 Å². The Morgan fingerprint density at radius 1 is 1.35 bits per heavy atom. The molecule has 1 aliphatic rings. The Morgan fingerprint density at radius 3 is 2.65 bits per heavy atom. The Labute approximate surface area is 106 Å². The predicted octanol–water partition coefficient (Wildman–Crippen LogP) is 1.18. The molecule has 0 radical (unpaired) electrons. The Morgan fingerprint density at radius 2 is 2.06 bits per heavy atom. The summed E-state index contributed by atoms with van der Waals surface area (Å²) >= 11 is 3.25. The van der Waals surface area contributed by atoms with E-state index in [1.54, 1.807) is 24.3 Å². The van der Waals surface area contributed by atoms with Crippen LogP contribution < -0.4 is 5.32 Å². The molecule has 1 fully saturated rings. The van der Waals surface area contributed by atoms with Crippen molar-refractivity contribution >= 4 is 33.7 Å². The molecule has 3 amide bonds. The van der Waals surface area contributed by atoms with Gasteiger partial charge < -0.3 is 5.32 Å². The minimum Gasteiger partial charge on any atom is -0.329 e. The first-order valence-corrected chi connectivity index (χ1v) is 5.75. The summed E-state index contributed by atoms with van der Waals surface area (Å²) in [5, 5.41) is 2.36. The number of benzene rings is 1. The maximum atomic E-state index is 11.9. The molecule has 0 spiro atoms. The second kappa shape index (κ2) is 4.67. The highest BCUT2D eigenvalue weighted by Gasteiger charge is 2.30. The lowest BCUT2D eigenvalue weighted by atomic mass is 10.1. The minimum absolute atomic E-state index is 0.0396. The number of ketones is 1. The quantitative estimate of drug-likeness (QED) is 0.673. The fourth-order valence-corrected chi connectivity index (χ4v) is 2.04. The third kappa shape index (κ3) is 2.36. The van der Waals surface area contributed by atoms with Crippen LogP contribution >= 0.6 is 15.9 Å². The van der Waals surface area contributed by atoms with E-state index in [0.717, 1.165) is 4.90 Å². The lowest BCUT2D eigenvalue weighted by Gasteiger charge is -2.11. The monoisotopic (exact) mass is 296 g/mol. The van der Waals surface area contributed by atoms with Gasteiger partial charge in [-0.3, -0.25) is 14.5 Å². The molecule has 0 aliphatic carbocycles. The normalized spacial score (nSPS) is 15.0. The highest BCUT2D eigenvalue weighted by molar-refractivity contribution is 9.10. The van der Waals surface area contributed by atoms with Crippen molar-refractivity contribution in [2.24, 2.45) is 0 Å². The number of carbonyl (C=O) groups is 3. The van der Waals surface area contributed by atoms with Crippen LogP contribution in [-0.4, -0.2) is 35.7 Å². The molecule has 0 atom stereocenters. The zero-order valence-electron chi connectivity index (χ0n) is 8.77. The van der Waals surface area contributed by atoms with Crippen LogP contribution in [0.2, 0.25) is 0 Å². The third-order valence-electron chi connectivity index (χ3n) is 2.41. The number of hydrogen-bond donors (Lipinski definition) is 1. The second-order valence-corrected chi connectivity index (χ2v) is 4.40. The molecule has 17 heavy (non-hydrogen) atoms. The number of rotatable bonds is 3. The number of carbonyl (C=O) groups excluding carboxylic acids is 3. The molecule has 0 aromatic heterocycles. The number of imide groups is 1. The topological polar surface area (TPSA) is 66.5 Å². The fourth-order valence-electron chi connectivity index (χ4n) is 1.53. The van der Waals surface area contributed by atoms with E-state index in [1.165, 1.54) is 0 Å². The van der Waals surface area contributed by atoms with Crippen molar-refractivity contribution < 1.29 is 14.4 Å². The number of nitrogens with zero attached hydrogens (tertiary/aromatic N) is 1. The van der Waals surface area contributed by atoms with E-state index < -0.39 is 6.03 Å². The Balaban J connectivity index is 2.15. The van der Waals surface area contributed by atoms with E-state index in [1.807, 2.05) is 0 Å². The van der Waals surface area contributed by atoms with Gasteiger partial charge in [0.25, 0.3) is 0 Å². The number of halogens is 1. The average Bonchev–Trinajstić information content (AvgIpc) is 2.61. The van der Waals surface area contributed by atoms with Gasteiger partial charge >= 0.3 is 6.03 Å². The number of hydrogen-bond acceptors (Lipinski definition) is 3. The summed E-state index contributed by atoms with van der Waals surface area (Å²) in [6.45, 7) is -0.268. The van der Waals surface area contributed by atoms with Crippen LogP contribution in [0.25, 0.3) is 0 Å². The summed E-state index contributed by atoms with van der Waals surface area (Å²) in [7, 11) is 0. The Hall–Kier alpha value is -1.69. The molecule has 1 heterocycles. The van der Waals surface area contributed by atoms with E-state index in [0.29, 0.717) is 10.0 Å². The van der Waals surface area contributed by atoms with Crippen LogP contribution in [-0.2, 0) is 4.79 Å². The van der Waals surface area contributed by atoms with Crippen LogP contribution in [0, 0.1) is 0 Å². The van der Waals surface area contributed by atoms with Crippen LogP contribution in [0.1, 0.15) is 10.4 Å². The highest BCUT2D eigenvalue weighted by atomic mass is 79.9. The Kier molecular flexibility index (Phi) is 3.23. The molecule has 1 aromatic carbocycles. The maximum Gasteiger partial charge on any atom is 0.325 e. The molecule has 1 aliphatic heterocycles. The summed E-state index contributed by atoms with van der Waals surface area (Å²) in [6.07, 6.45) is 0. The molecule has 0 saturated carbocycles. The molecule has 0 unspecified atom stereocenters. The molecular formula is C11H9BrN2O3. The van der Waals surface area contributed by atoms with E-state index in [9.17, 15) is 14.4 Å². The average molecular weight is 297 g/mol. The van der Waals surface area contributed by atoms with Gasteiger partial charge in [-0.25, -0.2) is 4.79 Å². The van der Waals surface area contributed by atoms with Crippen LogP contribution in [0.4, 0.5) is 4.79 Å². The molecule has 1 aromatic rings. The van der Waals surface area contributed by atoms with Crippen molar-refractivity contribution in [3.05, 3.63) is 34.3 Å². The molecule has 5 nitrogen and oxygen atoms in total. The molecule has 1 N–H and O–H groups in total. The summed E-state index contributed by atoms with van der Waals surface area (Å²) in [4.78, 5) is 35.4. The fraction of sp³-hybridized carbons (Fsp3) is 0.182. The van der Waals surface area contributed by atoms with Gasteiger partial charge in [0.2, 0.25) is 5.91 Å². The van der Waals surface area contributed by atoms with Crippen LogP contribution in [0.5, 0.6) is 0 Å². The first-order valence-electron chi connectivity index (χ1n) is 4.95. The summed E-state index contributed by atoms with van der Waals surface area (Å²) in [5.41, 5.74) is 0.458. The molecule has 6 heteroatoms. The third-order valence-corrected chi connectivity index (χ3v) is 3.10. The maximum absolute atomic E-state index is 11.9. The molecular weight excluding hydrogens is 288 g/mol. The molecule has 2 rings (SSSR count). The van der Waals surface area contributed by atoms with Crippen LogP contribution in [0.3, 0.4) is 0 Å². The van der Waals surface area contributed by atoms with E-state index in [2.05, 4.69) is 21.2 Å². The van der Waals surface area contributed by atoms with Gasteiger partial charge in [0.15, 0.2) is 5.78 Å². The van der Waals surface area contributed by atoms with Gasteiger partial charge in [0.05, 0.1) is 13.1 Å². The summed E-state index contributed by atoms with van der Waals surface area (Å²) in [5.74, 6) is -0.654. The number of Topliss-reactive ketones (excluding diaryl/α,β-unsaturated/α-hetero) is 1. The Bertz CT molecular complexity index is 485. The van der Waals surface area contributed by atoms with Crippen molar-refractivity contribution in [2.75, 3.05) is 13.1 Å². The standard InChI is InChI=1S/C11H9BrN2O3/c12-8-4-2-1-3-7(8)9(15)6-14-10(16)5-13-11(14)17/h1-4H,5-6H2,(H,13,17). The molecule has 88 valence electrons. The largest absolute Gasteiger partial charge is 0.329 e. The highest BCUT2D eigenvalue weighted by Crippen LogP contribution is 2.17. The second-order valence-electron chi connectivity index (χ2n) is 3.54. The number of urea groups is 1. The smallest absolute Gasteiger partial charge is 0.325 e. The minimum atomic E-state index is -0.518. The summed E-state index contributed by atoms with van der Waals surface area (Å²) in [6, 6.07) is 6.37. The van der Waals surface area contributed by atoms with Gasteiger partial charge in [-0.15, -0.1) is 0 Å². The molecule has 1 saturated heterocycles. The van der Waals surface area contributed by atoms with Gasteiger partial charge in [-0.1, -0.05) is 34.1 Å². The van der Waals surface area contributed by atoms with E-state index in [-0.39, 0.29) is 24.8 Å². The predicted molar refractivity (Wildman–Crippen MR) is 63.6 cm³/mol. The first kappa shape index (κ1) is 11.8. The lowest BCUT2D eigenvalue weighted by molar-refractivity contribution is -0.124. The van der Waals surface area contributed by atoms with Crippen LogP contribution in [0.15, 0.2) is 28.7 Å². The first-order chi connectivity index (χ1) is 8.09. The summed E-state index contributed by atoms with van der Waals surface area (Å²) < 4.78 is 0.650. The van der Waals surface area contributed by atoms with Crippen molar-refractivity contribution in [1.82, 2.24) is 10.2 Å². The zero-order valence-corrected chi connectivity index (χ0v) is 10.4. The van der Waals surface area contributed by atoms with Gasteiger partial charge in [0.1, 0.15) is 0 Å². The van der Waals surface area contributed by atoms with Gasteiger partial charge in [-0.2, -0.15) is 0 Å². The number of amides is 3. The van der Waals surface area contributed by atoms with Crippen molar-refractivity contribution in [1.29, 1.82) is 0 Å². The van der Waals surface area contributed by atoms with Crippen molar-refractivity contribution in [2.45, 2.75) is 0 Å².